The van der Waals surface area contributed by atoms with Crippen molar-refractivity contribution >= 4 is 21.6 Å². The normalized spacial score (nSPS) is 16.2. The predicted molar refractivity (Wildman–Crippen MR) is 117 cm³/mol. The van der Waals surface area contributed by atoms with Gasteiger partial charge < -0.3 is 15.0 Å². The Labute approximate surface area is 178 Å². The lowest BCUT2D eigenvalue weighted by Gasteiger charge is -2.36. The van der Waals surface area contributed by atoms with E-state index in [9.17, 15) is 13.2 Å². The Morgan fingerprint density at radius 2 is 1.67 bits per heavy atom. The van der Waals surface area contributed by atoms with Crippen molar-refractivity contribution in [1.29, 1.82) is 0 Å². The number of nitrogens with zero attached hydrogens (tertiary/aromatic N) is 2. The van der Waals surface area contributed by atoms with Gasteiger partial charge in [-0.3, -0.25) is 4.79 Å². The van der Waals surface area contributed by atoms with Crippen LogP contribution in [0.15, 0.2) is 47.4 Å². The molecule has 1 N–H and O–H groups in total. The summed E-state index contributed by atoms with van der Waals surface area (Å²) in [4.78, 5) is 14.0. The quantitative estimate of drug-likeness (QED) is 0.760. The van der Waals surface area contributed by atoms with E-state index in [-0.39, 0.29) is 10.8 Å². The van der Waals surface area contributed by atoms with Gasteiger partial charge in [0.25, 0.3) is 5.91 Å². The second-order valence-corrected chi connectivity index (χ2v) is 9.39. The fourth-order valence-electron chi connectivity index (χ4n) is 3.55. The van der Waals surface area contributed by atoms with Gasteiger partial charge >= 0.3 is 0 Å². The molecule has 162 valence electrons. The number of hydrogen-bond acceptors (Lipinski definition) is 5. The standard InChI is InChI=1S/C22H29N3O4S/c1-16-6-5-7-21(17(16)2)24-12-14-25(15-13-24)30(27,28)20-10-8-19(9-11-20)29-18(3)22(26)23-4/h5-11,18H,12-15H2,1-4H3,(H,23,26)/t18-/m1/s1. The molecule has 7 nitrogen and oxygen atoms in total. The van der Waals surface area contributed by atoms with E-state index in [4.69, 9.17) is 4.74 Å². The molecular formula is C22H29N3O4S. The zero-order chi connectivity index (χ0) is 21.9. The van der Waals surface area contributed by atoms with Crippen LogP contribution in [0.4, 0.5) is 5.69 Å². The highest BCUT2D eigenvalue weighted by atomic mass is 32.2. The van der Waals surface area contributed by atoms with E-state index in [0.29, 0.717) is 31.9 Å². The number of carbonyl (C=O) groups excluding carboxylic acids is 1. The summed E-state index contributed by atoms with van der Waals surface area (Å²) in [6.45, 7) is 7.98. The SMILES string of the molecule is CNC(=O)[C@@H](C)Oc1ccc(S(=O)(=O)N2CCN(c3cccc(C)c3C)CC2)cc1. The summed E-state index contributed by atoms with van der Waals surface area (Å²) in [5.74, 6) is 0.207. The molecule has 1 atom stereocenters. The molecule has 8 heteroatoms. The van der Waals surface area contributed by atoms with E-state index in [1.807, 2.05) is 6.07 Å². The van der Waals surface area contributed by atoms with Crippen molar-refractivity contribution in [2.45, 2.75) is 31.8 Å². The molecule has 0 bridgehead atoms. The average Bonchev–Trinajstić information content (AvgIpc) is 2.75. The van der Waals surface area contributed by atoms with Crippen LogP contribution in [0.25, 0.3) is 0 Å². The zero-order valence-corrected chi connectivity index (χ0v) is 18.7. The van der Waals surface area contributed by atoms with Crippen molar-refractivity contribution in [1.82, 2.24) is 9.62 Å². The Hall–Kier alpha value is -2.58. The van der Waals surface area contributed by atoms with Crippen molar-refractivity contribution in [2.75, 3.05) is 38.1 Å². The van der Waals surface area contributed by atoms with Crippen LogP contribution in [0.5, 0.6) is 5.75 Å². The van der Waals surface area contributed by atoms with Crippen LogP contribution in [0.3, 0.4) is 0 Å². The Kier molecular flexibility index (Phi) is 6.67. The molecule has 1 fully saturated rings. The average molecular weight is 432 g/mol. The molecule has 1 aliphatic heterocycles. The van der Waals surface area contributed by atoms with E-state index in [0.717, 1.165) is 0 Å². The van der Waals surface area contributed by atoms with Crippen molar-refractivity contribution in [3.63, 3.8) is 0 Å². The first-order valence-corrected chi connectivity index (χ1v) is 11.5. The van der Waals surface area contributed by atoms with Crippen molar-refractivity contribution in [2.24, 2.45) is 0 Å². The molecule has 0 unspecified atom stereocenters. The number of sulfonamides is 1. The second-order valence-electron chi connectivity index (χ2n) is 7.46. The summed E-state index contributed by atoms with van der Waals surface area (Å²) >= 11 is 0. The van der Waals surface area contributed by atoms with Gasteiger partial charge in [0.1, 0.15) is 5.75 Å². The summed E-state index contributed by atoms with van der Waals surface area (Å²) in [7, 11) is -2.04. The summed E-state index contributed by atoms with van der Waals surface area (Å²) < 4.78 is 33.1. The van der Waals surface area contributed by atoms with Gasteiger partial charge in [-0.05, 0) is 62.2 Å². The van der Waals surface area contributed by atoms with Gasteiger partial charge in [-0.2, -0.15) is 4.31 Å². The second kappa shape index (κ2) is 9.06. The van der Waals surface area contributed by atoms with E-state index < -0.39 is 16.1 Å². The van der Waals surface area contributed by atoms with Gasteiger partial charge in [0.05, 0.1) is 4.90 Å². The first-order chi connectivity index (χ1) is 14.2. The van der Waals surface area contributed by atoms with Crippen LogP contribution in [0.2, 0.25) is 0 Å². The highest BCUT2D eigenvalue weighted by Crippen LogP contribution is 2.26. The molecule has 30 heavy (non-hydrogen) atoms. The van der Waals surface area contributed by atoms with Gasteiger partial charge in [-0.25, -0.2) is 8.42 Å². The molecule has 0 aromatic heterocycles. The van der Waals surface area contributed by atoms with Crippen LogP contribution in [0, 0.1) is 13.8 Å². The van der Waals surface area contributed by atoms with Crippen LogP contribution in [-0.4, -0.2) is 58.0 Å². The molecule has 0 spiro atoms. The topological polar surface area (TPSA) is 78.9 Å². The van der Waals surface area contributed by atoms with Gasteiger partial charge in [0.15, 0.2) is 6.10 Å². The van der Waals surface area contributed by atoms with Gasteiger partial charge in [-0.1, -0.05) is 12.1 Å². The highest BCUT2D eigenvalue weighted by Gasteiger charge is 2.29. The first kappa shape index (κ1) is 22.1. The Morgan fingerprint density at radius 1 is 1.03 bits per heavy atom. The lowest BCUT2D eigenvalue weighted by molar-refractivity contribution is -0.126. The summed E-state index contributed by atoms with van der Waals surface area (Å²) in [5, 5.41) is 2.51. The number of hydrogen-bond donors (Lipinski definition) is 1. The fourth-order valence-corrected chi connectivity index (χ4v) is 4.97. The maximum atomic E-state index is 13.0. The number of benzene rings is 2. The van der Waals surface area contributed by atoms with E-state index in [1.54, 1.807) is 19.1 Å². The van der Waals surface area contributed by atoms with Crippen LogP contribution < -0.4 is 15.0 Å². The summed E-state index contributed by atoms with van der Waals surface area (Å²) in [6, 6.07) is 12.4. The number of ether oxygens (including phenoxy) is 1. The Morgan fingerprint density at radius 3 is 2.27 bits per heavy atom. The monoisotopic (exact) mass is 431 g/mol. The number of amides is 1. The molecule has 3 rings (SSSR count). The Balaban J connectivity index is 1.66. The predicted octanol–water partition coefficient (Wildman–Crippen LogP) is 2.33. The number of piperazine rings is 1. The van der Waals surface area contributed by atoms with Gasteiger partial charge in [0.2, 0.25) is 10.0 Å². The van der Waals surface area contributed by atoms with Gasteiger partial charge in [0, 0.05) is 38.9 Å². The number of rotatable bonds is 6. The van der Waals surface area contributed by atoms with Crippen molar-refractivity contribution in [3.8, 4) is 5.75 Å². The Bertz CT molecular complexity index is 998. The van der Waals surface area contributed by atoms with Crippen molar-refractivity contribution in [3.05, 3.63) is 53.6 Å². The molecule has 0 saturated carbocycles. The molecular weight excluding hydrogens is 402 g/mol. The third-order valence-corrected chi connectivity index (χ3v) is 7.46. The summed E-state index contributed by atoms with van der Waals surface area (Å²) in [6.07, 6.45) is -0.657. The lowest BCUT2D eigenvalue weighted by atomic mass is 10.1. The van der Waals surface area contributed by atoms with Crippen molar-refractivity contribution < 1.29 is 17.9 Å². The number of anilines is 1. The summed E-state index contributed by atoms with van der Waals surface area (Å²) in [5.41, 5.74) is 3.63. The molecule has 0 aliphatic carbocycles. The van der Waals surface area contributed by atoms with Crippen LogP contribution in [0.1, 0.15) is 18.1 Å². The number of likely N-dealkylation sites (N-methyl/N-ethyl adjacent to an activating group) is 1. The first-order valence-electron chi connectivity index (χ1n) is 10.0. The van der Waals surface area contributed by atoms with Gasteiger partial charge in [-0.15, -0.1) is 0 Å². The molecule has 2 aromatic rings. The third-order valence-electron chi connectivity index (χ3n) is 5.55. The molecule has 1 heterocycles. The van der Waals surface area contributed by atoms with Crippen LogP contribution in [-0.2, 0) is 14.8 Å². The number of carbonyl (C=O) groups is 1. The lowest BCUT2D eigenvalue weighted by Crippen LogP contribution is -2.48. The molecule has 1 saturated heterocycles. The molecule has 1 amide bonds. The maximum absolute atomic E-state index is 13.0. The zero-order valence-electron chi connectivity index (χ0n) is 17.9. The smallest absolute Gasteiger partial charge is 0.260 e. The fraction of sp³-hybridized carbons (Fsp3) is 0.409. The maximum Gasteiger partial charge on any atom is 0.260 e. The largest absolute Gasteiger partial charge is 0.481 e. The van der Waals surface area contributed by atoms with Crippen LogP contribution >= 0.6 is 0 Å². The minimum atomic E-state index is -3.58. The molecule has 0 radical (unpaired) electrons. The minimum Gasteiger partial charge on any atom is -0.481 e. The van der Waals surface area contributed by atoms with E-state index >= 15 is 0 Å². The highest BCUT2D eigenvalue weighted by molar-refractivity contribution is 7.89. The van der Waals surface area contributed by atoms with E-state index in [1.165, 1.54) is 40.3 Å². The number of nitrogens with one attached hydrogen (secondary N) is 1. The minimum absolute atomic E-state index is 0.225. The number of aryl methyl sites for hydroxylation is 1. The molecule has 2 aromatic carbocycles. The van der Waals surface area contributed by atoms with E-state index in [2.05, 4.69) is 36.2 Å². The third kappa shape index (κ3) is 4.60. The molecule has 1 aliphatic rings.